The quantitative estimate of drug-likeness (QED) is 0.773. The summed E-state index contributed by atoms with van der Waals surface area (Å²) < 4.78 is 6.88. The summed E-state index contributed by atoms with van der Waals surface area (Å²) in [5, 5.41) is 15.4. The van der Waals surface area contributed by atoms with E-state index in [2.05, 4.69) is 10.4 Å². The van der Waals surface area contributed by atoms with Gasteiger partial charge in [0.25, 0.3) is 0 Å². The normalized spacial score (nSPS) is 11.2. The fourth-order valence-electron chi connectivity index (χ4n) is 2.00. The van der Waals surface area contributed by atoms with Crippen LogP contribution in [0.1, 0.15) is 19.4 Å². The molecule has 1 aromatic heterocycles. The van der Waals surface area contributed by atoms with Crippen LogP contribution in [0.25, 0.3) is 0 Å². The van der Waals surface area contributed by atoms with Gasteiger partial charge in [-0.2, -0.15) is 5.10 Å². The third-order valence-electron chi connectivity index (χ3n) is 3.37. The molecule has 128 valence electrons. The van der Waals surface area contributed by atoms with Gasteiger partial charge in [-0.3, -0.25) is 14.3 Å². The molecule has 1 aromatic carbocycles. The van der Waals surface area contributed by atoms with Crippen molar-refractivity contribution in [3.05, 3.63) is 48.2 Å². The topological polar surface area (TPSA) is 93.5 Å². The summed E-state index contributed by atoms with van der Waals surface area (Å²) in [5.74, 6) is -0.917. The highest BCUT2D eigenvalue weighted by molar-refractivity contribution is 5.94. The van der Waals surface area contributed by atoms with Crippen LogP contribution in [0.15, 0.2) is 42.6 Å². The number of ether oxygens (including phenoxy) is 1. The molecule has 0 saturated carbocycles. The molecule has 0 saturated heterocycles. The highest BCUT2D eigenvalue weighted by Gasteiger charge is 2.28. The third kappa shape index (κ3) is 5.20. The van der Waals surface area contributed by atoms with Crippen molar-refractivity contribution < 1.29 is 19.4 Å². The zero-order valence-corrected chi connectivity index (χ0v) is 13.7. The van der Waals surface area contributed by atoms with E-state index in [1.54, 1.807) is 19.9 Å². The molecule has 0 spiro atoms. The Balaban J connectivity index is 1.85. The number of carboxylic acids is 1. The van der Waals surface area contributed by atoms with Crippen LogP contribution in [0.2, 0.25) is 0 Å². The zero-order chi connectivity index (χ0) is 17.6. The van der Waals surface area contributed by atoms with Crippen molar-refractivity contribution in [3.63, 3.8) is 0 Å². The Bertz CT molecular complexity index is 695. The number of aliphatic carboxylic acids is 1. The predicted molar refractivity (Wildman–Crippen MR) is 88.4 cm³/mol. The first-order chi connectivity index (χ1) is 11.4. The lowest BCUT2D eigenvalue weighted by Gasteiger charge is -2.22. The number of nitrogens with zero attached hydrogens (tertiary/aromatic N) is 2. The van der Waals surface area contributed by atoms with Gasteiger partial charge in [-0.1, -0.05) is 30.3 Å². The smallest absolute Gasteiger partial charge is 0.325 e. The van der Waals surface area contributed by atoms with Crippen LogP contribution >= 0.6 is 0 Å². The second-order valence-corrected chi connectivity index (χ2v) is 6.11. The van der Waals surface area contributed by atoms with Gasteiger partial charge in [0.1, 0.15) is 6.54 Å². The molecule has 1 amide bonds. The van der Waals surface area contributed by atoms with Gasteiger partial charge in [-0.25, -0.2) is 0 Å². The van der Waals surface area contributed by atoms with Gasteiger partial charge in [0.05, 0.1) is 18.6 Å². The number of hydrogen-bond donors (Lipinski definition) is 2. The summed E-state index contributed by atoms with van der Waals surface area (Å²) in [6.07, 6.45) is 1.50. The predicted octanol–water partition coefficient (Wildman–Crippen LogP) is 2.15. The Morgan fingerprint density at radius 2 is 1.96 bits per heavy atom. The number of anilines is 1. The minimum absolute atomic E-state index is 0.240. The fraction of sp³-hybridized carbons (Fsp3) is 0.353. The number of rotatable bonds is 8. The van der Waals surface area contributed by atoms with E-state index in [9.17, 15) is 9.59 Å². The minimum atomic E-state index is -0.995. The summed E-state index contributed by atoms with van der Waals surface area (Å²) in [5.41, 5.74) is 0.298. The van der Waals surface area contributed by atoms with Crippen molar-refractivity contribution in [3.8, 4) is 0 Å². The maximum Gasteiger partial charge on any atom is 0.325 e. The molecule has 2 N–H and O–H groups in total. The molecule has 0 radical (unpaired) electrons. The van der Waals surface area contributed by atoms with E-state index in [1.807, 2.05) is 30.3 Å². The summed E-state index contributed by atoms with van der Waals surface area (Å²) in [4.78, 5) is 23.0. The highest BCUT2D eigenvalue weighted by atomic mass is 16.5. The molecule has 1 heterocycles. The Labute approximate surface area is 140 Å². The standard InChI is InChI=1S/C17H21N3O4/c1-17(2,12-24-11-13-6-4-3-5-7-13)16(23)18-14-8-9-20(19-14)10-15(21)22/h3-9H,10-12H2,1-2H3,(H,21,22)(H,18,19,23). The lowest BCUT2D eigenvalue weighted by Crippen LogP contribution is -2.35. The molecule has 0 fully saturated rings. The van der Waals surface area contributed by atoms with Crippen molar-refractivity contribution in [2.24, 2.45) is 5.41 Å². The largest absolute Gasteiger partial charge is 0.480 e. The molecule has 0 aliphatic heterocycles. The molecule has 7 nitrogen and oxygen atoms in total. The first-order valence-corrected chi connectivity index (χ1v) is 7.55. The van der Waals surface area contributed by atoms with Crippen LogP contribution < -0.4 is 5.32 Å². The number of carboxylic acid groups (broad SMARTS) is 1. The number of carbonyl (C=O) groups is 2. The van der Waals surface area contributed by atoms with Crippen molar-refractivity contribution >= 4 is 17.7 Å². The van der Waals surface area contributed by atoms with Gasteiger partial charge in [0, 0.05) is 12.3 Å². The number of amides is 1. The summed E-state index contributed by atoms with van der Waals surface area (Å²) >= 11 is 0. The highest BCUT2D eigenvalue weighted by Crippen LogP contribution is 2.19. The van der Waals surface area contributed by atoms with E-state index in [0.717, 1.165) is 5.56 Å². The maximum atomic E-state index is 12.4. The van der Waals surface area contributed by atoms with Crippen molar-refractivity contribution in [2.45, 2.75) is 27.0 Å². The zero-order valence-electron chi connectivity index (χ0n) is 13.7. The van der Waals surface area contributed by atoms with E-state index < -0.39 is 11.4 Å². The summed E-state index contributed by atoms with van der Waals surface area (Å²) in [7, 11) is 0. The van der Waals surface area contributed by atoms with E-state index >= 15 is 0 Å². The first-order valence-electron chi connectivity index (χ1n) is 7.55. The van der Waals surface area contributed by atoms with Crippen LogP contribution in [0.4, 0.5) is 5.82 Å². The second-order valence-electron chi connectivity index (χ2n) is 6.11. The van der Waals surface area contributed by atoms with Crippen LogP contribution in [0.5, 0.6) is 0 Å². The number of nitrogens with one attached hydrogen (secondary N) is 1. The van der Waals surface area contributed by atoms with Crippen LogP contribution in [0, 0.1) is 5.41 Å². The molecule has 0 bridgehead atoms. The Morgan fingerprint density at radius 1 is 1.25 bits per heavy atom. The minimum Gasteiger partial charge on any atom is -0.480 e. The van der Waals surface area contributed by atoms with Gasteiger partial charge in [-0.05, 0) is 19.4 Å². The van der Waals surface area contributed by atoms with Gasteiger partial charge >= 0.3 is 5.97 Å². The summed E-state index contributed by atoms with van der Waals surface area (Å²) in [6.45, 7) is 4.00. The molecule has 0 aliphatic rings. The van der Waals surface area contributed by atoms with E-state index in [1.165, 1.54) is 10.9 Å². The van der Waals surface area contributed by atoms with Crippen LogP contribution in [-0.4, -0.2) is 33.4 Å². The van der Waals surface area contributed by atoms with Gasteiger partial charge in [-0.15, -0.1) is 0 Å². The van der Waals surface area contributed by atoms with E-state index in [4.69, 9.17) is 9.84 Å². The maximum absolute atomic E-state index is 12.4. The third-order valence-corrected chi connectivity index (χ3v) is 3.37. The molecule has 2 rings (SSSR count). The molecular weight excluding hydrogens is 310 g/mol. The monoisotopic (exact) mass is 331 g/mol. The lowest BCUT2D eigenvalue weighted by atomic mass is 9.93. The van der Waals surface area contributed by atoms with Crippen molar-refractivity contribution in [1.29, 1.82) is 0 Å². The number of carbonyl (C=O) groups excluding carboxylic acids is 1. The van der Waals surface area contributed by atoms with Crippen LogP contribution in [0.3, 0.4) is 0 Å². The van der Waals surface area contributed by atoms with Gasteiger partial charge < -0.3 is 15.2 Å². The average molecular weight is 331 g/mol. The summed E-state index contributed by atoms with van der Waals surface area (Å²) in [6, 6.07) is 11.3. The molecule has 24 heavy (non-hydrogen) atoms. The number of hydrogen-bond acceptors (Lipinski definition) is 4. The molecule has 0 atom stereocenters. The molecular formula is C17H21N3O4. The Hall–Kier alpha value is -2.67. The average Bonchev–Trinajstić information content (AvgIpc) is 2.94. The first kappa shape index (κ1) is 17.7. The molecule has 7 heteroatoms. The van der Waals surface area contributed by atoms with Crippen molar-refractivity contribution in [2.75, 3.05) is 11.9 Å². The van der Waals surface area contributed by atoms with E-state index in [-0.39, 0.29) is 19.1 Å². The fourth-order valence-corrected chi connectivity index (χ4v) is 2.00. The Kier molecular flexibility index (Phi) is 5.70. The van der Waals surface area contributed by atoms with Gasteiger partial charge in [0.15, 0.2) is 5.82 Å². The van der Waals surface area contributed by atoms with Crippen LogP contribution in [-0.2, 0) is 27.5 Å². The van der Waals surface area contributed by atoms with E-state index in [0.29, 0.717) is 12.4 Å². The lowest BCUT2D eigenvalue weighted by molar-refractivity contribution is -0.137. The number of benzene rings is 1. The molecule has 0 aliphatic carbocycles. The Morgan fingerprint density at radius 3 is 2.62 bits per heavy atom. The number of aromatic nitrogens is 2. The van der Waals surface area contributed by atoms with Gasteiger partial charge in [0.2, 0.25) is 5.91 Å². The molecule has 0 unspecified atom stereocenters. The second kappa shape index (κ2) is 7.74. The molecule has 2 aromatic rings. The SMILES string of the molecule is CC(C)(COCc1ccccc1)C(=O)Nc1ccn(CC(=O)O)n1. The van der Waals surface area contributed by atoms with Crippen molar-refractivity contribution in [1.82, 2.24) is 9.78 Å².